The van der Waals surface area contributed by atoms with Gasteiger partial charge in [-0.05, 0) is 44.4 Å². The molecule has 1 unspecified atom stereocenters. The number of hydrogen-bond acceptors (Lipinski definition) is 3. The van der Waals surface area contributed by atoms with Gasteiger partial charge in [-0.1, -0.05) is 26.0 Å². The normalized spacial score (nSPS) is 12.5. The molecule has 0 bridgehead atoms. The molecule has 2 aromatic rings. The van der Waals surface area contributed by atoms with Crippen LogP contribution in [0.2, 0.25) is 0 Å². The third kappa shape index (κ3) is 6.68. The highest BCUT2D eigenvalue weighted by Crippen LogP contribution is 2.18. The molecule has 1 aromatic carbocycles. The Kier molecular flexibility index (Phi) is 9.78. The van der Waals surface area contributed by atoms with Crippen LogP contribution in [0.25, 0.3) is 0 Å². The summed E-state index contributed by atoms with van der Waals surface area (Å²) < 4.78 is 7.66. The number of aryl methyl sites for hydroxylation is 2. The van der Waals surface area contributed by atoms with Crippen molar-refractivity contribution in [3.05, 3.63) is 46.8 Å². The SMILES string of the molecule is CN=C(NCc1c(C)nn(C)c1C)NC(C)c1ccc(OCC(C)C)cc1.I. The van der Waals surface area contributed by atoms with Crippen molar-refractivity contribution >= 4 is 29.9 Å². The predicted molar refractivity (Wildman–Crippen MR) is 127 cm³/mol. The summed E-state index contributed by atoms with van der Waals surface area (Å²) in [5, 5.41) is 11.3. The number of benzene rings is 1. The third-order valence-electron chi connectivity index (χ3n) is 4.63. The highest BCUT2D eigenvalue weighted by molar-refractivity contribution is 14.0. The number of nitrogens with one attached hydrogen (secondary N) is 2. The molecule has 2 N–H and O–H groups in total. The van der Waals surface area contributed by atoms with E-state index in [9.17, 15) is 0 Å². The smallest absolute Gasteiger partial charge is 0.191 e. The Morgan fingerprint density at radius 3 is 2.32 bits per heavy atom. The minimum atomic E-state index is 0. The Labute approximate surface area is 186 Å². The average Bonchev–Trinajstić information content (AvgIpc) is 2.89. The molecular weight excluding hydrogens is 465 g/mol. The Hall–Kier alpha value is -1.77. The molecular formula is C21H34IN5O. The number of rotatable bonds is 7. The second kappa shape index (κ2) is 11.3. The van der Waals surface area contributed by atoms with E-state index in [0.717, 1.165) is 24.0 Å². The molecule has 0 saturated carbocycles. The second-order valence-electron chi connectivity index (χ2n) is 7.34. The molecule has 0 aliphatic rings. The highest BCUT2D eigenvalue weighted by atomic mass is 127. The molecule has 2 rings (SSSR count). The molecule has 156 valence electrons. The lowest BCUT2D eigenvalue weighted by Gasteiger charge is -2.19. The topological polar surface area (TPSA) is 63.5 Å². The predicted octanol–water partition coefficient (Wildman–Crippen LogP) is 4.12. The van der Waals surface area contributed by atoms with Gasteiger partial charge in [-0.15, -0.1) is 24.0 Å². The number of ether oxygens (including phenoxy) is 1. The quantitative estimate of drug-likeness (QED) is 0.342. The maximum atomic E-state index is 5.75. The van der Waals surface area contributed by atoms with Crippen LogP contribution < -0.4 is 15.4 Å². The number of aliphatic imine (C=N–C) groups is 1. The fourth-order valence-electron chi connectivity index (χ4n) is 2.84. The van der Waals surface area contributed by atoms with Crippen molar-refractivity contribution in [2.24, 2.45) is 18.0 Å². The van der Waals surface area contributed by atoms with Crippen LogP contribution >= 0.6 is 24.0 Å². The van der Waals surface area contributed by atoms with Gasteiger partial charge in [0.05, 0.1) is 18.3 Å². The third-order valence-corrected chi connectivity index (χ3v) is 4.63. The monoisotopic (exact) mass is 499 g/mol. The second-order valence-corrected chi connectivity index (χ2v) is 7.34. The minimum absolute atomic E-state index is 0. The Bertz CT molecular complexity index is 768. The van der Waals surface area contributed by atoms with E-state index in [1.54, 1.807) is 7.05 Å². The molecule has 0 aliphatic heterocycles. The van der Waals surface area contributed by atoms with Crippen molar-refractivity contribution in [3.63, 3.8) is 0 Å². The Morgan fingerprint density at radius 2 is 1.82 bits per heavy atom. The Balaban J connectivity index is 0.00000392. The standard InChI is InChI=1S/C21H33N5O.HI/c1-14(2)13-27-19-10-8-18(9-11-19)15(3)24-21(22-6)23-12-20-16(4)25-26(7)17(20)5;/h8-11,14-15H,12-13H2,1-7H3,(H2,22,23,24);1H. The van der Waals surface area contributed by atoms with Gasteiger partial charge >= 0.3 is 0 Å². The maximum absolute atomic E-state index is 5.75. The van der Waals surface area contributed by atoms with Gasteiger partial charge in [0.2, 0.25) is 0 Å². The fraction of sp³-hybridized carbons (Fsp3) is 0.524. The summed E-state index contributed by atoms with van der Waals surface area (Å²) in [7, 11) is 3.75. The number of nitrogens with zero attached hydrogens (tertiary/aromatic N) is 3. The van der Waals surface area contributed by atoms with E-state index in [4.69, 9.17) is 4.74 Å². The van der Waals surface area contributed by atoms with Crippen molar-refractivity contribution in [2.75, 3.05) is 13.7 Å². The zero-order valence-corrected chi connectivity index (χ0v) is 20.4. The van der Waals surface area contributed by atoms with Crippen LogP contribution in [0, 0.1) is 19.8 Å². The number of hydrogen-bond donors (Lipinski definition) is 2. The van der Waals surface area contributed by atoms with Gasteiger partial charge in [0, 0.05) is 31.9 Å². The molecule has 7 heteroatoms. The molecule has 0 radical (unpaired) electrons. The van der Waals surface area contributed by atoms with Gasteiger partial charge in [0.25, 0.3) is 0 Å². The first-order valence-corrected chi connectivity index (χ1v) is 9.50. The van der Waals surface area contributed by atoms with Gasteiger partial charge in [0.15, 0.2) is 5.96 Å². The molecule has 0 saturated heterocycles. The van der Waals surface area contributed by atoms with Crippen LogP contribution in [-0.4, -0.2) is 29.4 Å². The summed E-state index contributed by atoms with van der Waals surface area (Å²) >= 11 is 0. The molecule has 1 heterocycles. The van der Waals surface area contributed by atoms with Crippen LogP contribution in [0.5, 0.6) is 5.75 Å². The van der Waals surface area contributed by atoms with Crippen molar-refractivity contribution in [3.8, 4) is 5.75 Å². The molecule has 6 nitrogen and oxygen atoms in total. The van der Waals surface area contributed by atoms with Crippen LogP contribution in [0.1, 0.15) is 49.3 Å². The average molecular weight is 499 g/mol. The van der Waals surface area contributed by atoms with E-state index in [1.165, 1.54) is 16.8 Å². The van der Waals surface area contributed by atoms with Crippen LogP contribution in [0.4, 0.5) is 0 Å². The van der Waals surface area contributed by atoms with E-state index in [-0.39, 0.29) is 30.0 Å². The summed E-state index contributed by atoms with van der Waals surface area (Å²) in [5.41, 5.74) is 4.60. The molecule has 0 spiro atoms. The van der Waals surface area contributed by atoms with Gasteiger partial charge in [-0.2, -0.15) is 5.10 Å². The minimum Gasteiger partial charge on any atom is -0.493 e. The van der Waals surface area contributed by atoms with Gasteiger partial charge < -0.3 is 15.4 Å². The lowest BCUT2D eigenvalue weighted by molar-refractivity contribution is 0.271. The summed E-state index contributed by atoms with van der Waals surface area (Å²) in [6, 6.07) is 8.36. The van der Waals surface area contributed by atoms with Crippen LogP contribution in [-0.2, 0) is 13.6 Å². The van der Waals surface area contributed by atoms with Gasteiger partial charge in [-0.25, -0.2) is 0 Å². The molecule has 0 fully saturated rings. The maximum Gasteiger partial charge on any atom is 0.191 e. The van der Waals surface area contributed by atoms with E-state index >= 15 is 0 Å². The molecule has 0 amide bonds. The van der Waals surface area contributed by atoms with E-state index in [2.05, 4.69) is 60.6 Å². The lowest BCUT2D eigenvalue weighted by atomic mass is 10.1. The highest BCUT2D eigenvalue weighted by Gasteiger charge is 2.12. The van der Waals surface area contributed by atoms with E-state index in [1.807, 2.05) is 30.8 Å². The first-order chi connectivity index (χ1) is 12.8. The van der Waals surface area contributed by atoms with Crippen molar-refractivity contribution in [1.82, 2.24) is 20.4 Å². The zero-order valence-electron chi connectivity index (χ0n) is 18.0. The van der Waals surface area contributed by atoms with Crippen molar-refractivity contribution in [1.29, 1.82) is 0 Å². The fourth-order valence-corrected chi connectivity index (χ4v) is 2.84. The number of aromatic nitrogens is 2. The van der Waals surface area contributed by atoms with Crippen LogP contribution in [0.15, 0.2) is 29.3 Å². The molecule has 28 heavy (non-hydrogen) atoms. The molecule has 1 aromatic heterocycles. The number of halogens is 1. The van der Waals surface area contributed by atoms with E-state index < -0.39 is 0 Å². The van der Waals surface area contributed by atoms with Crippen molar-refractivity contribution in [2.45, 2.75) is 47.2 Å². The summed E-state index contributed by atoms with van der Waals surface area (Å²) in [6.07, 6.45) is 0. The first kappa shape index (κ1) is 24.3. The summed E-state index contributed by atoms with van der Waals surface area (Å²) in [6.45, 7) is 12.0. The largest absolute Gasteiger partial charge is 0.493 e. The van der Waals surface area contributed by atoms with Gasteiger partial charge in [0.1, 0.15) is 5.75 Å². The Morgan fingerprint density at radius 1 is 1.18 bits per heavy atom. The van der Waals surface area contributed by atoms with E-state index in [0.29, 0.717) is 12.5 Å². The van der Waals surface area contributed by atoms with Gasteiger partial charge in [-0.3, -0.25) is 9.67 Å². The summed E-state index contributed by atoms with van der Waals surface area (Å²) in [5.74, 6) is 2.20. The number of guanidine groups is 1. The molecule has 1 atom stereocenters. The molecule has 0 aliphatic carbocycles. The first-order valence-electron chi connectivity index (χ1n) is 9.50. The van der Waals surface area contributed by atoms with Crippen molar-refractivity contribution < 1.29 is 4.74 Å². The zero-order chi connectivity index (χ0) is 20.0. The summed E-state index contributed by atoms with van der Waals surface area (Å²) in [4.78, 5) is 4.34. The van der Waals surface area contributed by atoms with Crippen LogP contribution in [0.3, 0.4) is 0 Å². The lowest BCUT2D eigenvalue weighted by Crippen LogP contribution is -2.38.